The van der Waals surface area contributed by atoms with Gasteiger partial charge in [0.05, 0.1) is 29.5 Å². The van der Waals surface area contributed by atoms with Gasteiger partial charge in [-0.15, -0.1) is 11.3 Å². The predicted molar refractivity (Wildman–Crippen MR) is 122 cm³/mol. The van der Waals surface area contributed by atoms with Gasteiger partial charge in [-0.1, -0.05) is 12.1 Å². The van der Waals surface area contributed by atoms with Gasteiger partial charge >= 0.3 is 12.1 Å². The minimum Gasteiger partial charge on any atom is -0.469 e. The minimum absolute atomic E-state index is 0.0729. The van der Waals surface area contributed by atoms with Gasteiger partial charge in [-0.3, -0.25) is 9.59 Å². The molecule has 1 unspecified atom stereocenters. The van der Waals surface area contributed by atoms with Crippen molar-refractivity contribution in [1.29, 1.82) is 0 Å². The van der Waals surface area contributed by atoms with Crippen molar-refractivity contribution in [2.45, 2.75) is 45.8 Å². The quantitative estimate of drug-likeness (QED) is 0.621. The number of esters is 1. The van der Waals surface area contributed by atoms with Gasteiger partial charge in [0.25, 0.3) is 5.91 Å². The first-order valence-corrected chi connectivity index (χ1v) is 11.4. The third-order valence-electron chi connectivity index (χ3n) is 5.07. The maximum absolute atomic E-state index is 13.6. The van der Waals surface area contributed by atoms with Crippen molar-refractivity contribution in [3.8, 4) is 10.4 Å². The maximum atomic E-state index is 13.6. The molecule has 33 heavy (non-hydrogen) atoms. The number of benzene rings is 1. The van der Waals surface area contributed by atoms with Crippen molar-refractivity contribution in [3.63, 3.8) is 0 Å². The zero-order valence-electron chi connectivity index (χ0n) is 19.4. The van der Waals surface area contributed by atoms with E-state index in [2.05, 4.69) is 4.98 Å². The molecule has 2 amide bonds. The Labute approximate surface area is 196 Å². The average Bonchev–Trinajstić information content (AvgIpc) is 3.14. The van der Waals surface area contributed by atoms with E-state index in [1.165, 1.54) is 35.5 Å². The molecule has 0 radical (unpaired) electrons. The smallest absolute Gasteiger partial charge is 0.410 e. The second-order valence-electron chi connectivity index (χ2n) is 8.78. The molecule has 1 aliphatic heterocycles. The number of rotatable bonds is 4. The molecule has 0 bridgehead atoms. The number of carbonyl (C=O) groups is 3. The zero-order valence-corrected chi connectivity index (χ0v) is 20.2. The van der Waals surface area contributed by atoms with Crippen molar-refractivity contribution in [3.05, 3.63) is 40.8 Å². The van der Waals surface area contributed by atoms with Crippen LogP contribution in [0.15, 0.2) is 24.3 Å². The van der Waals surface area contributed by atoms with Crippen LogP contribution in [-0.4, -0.2) is 71.1 Å². The van der Waals surface area contributed by atoms with Crippen LogP contribution < -0.4 is 0 Å². The van der Waals surface area contributed by atoms with Crippen molar-refractivity contribution < 1.29 is 28.2 Å². The fraction of sp³-hybridized carbons (Fsp3) is 0.478. The Morgan fingerprint density at radius 3 is 2.45 bits per heavy atom. The Morgan fingerprint density at radius 1 is 1.18 bits per heavy atom. The Bertz CT molecular complexity index is 1030. The topological polar surface area (TPSA) is 89.0 Å². The van der Waals surface area contributed by atoms with Gasteiger partial charge in [0, 0.05) is 19.6 Å². The minimum atomic E-state index is -0.663. The standard InChI is InChI=1S/C23H28FN3O5S/c1-14-25-19(20(33-14)15-6-8-16(24)9-7-15)21(29)27-11-10-26(22(30)32-23(2,3)4)13-17(27)12-18(28)31-5/h6-9,17H,10-13H2,1-5H3. The Hall–Kier alpha value is -3.01. The molecule has 1 atom stereocenters. The summed E-state index contributed by atoms with van der Waals surface area (Å²) in [4.78, 5) is 46.3. The van der Waals surface area contributed by atoms with Crippen LogP contribution in [0.3, 0.4) is 0 Å². The molecule has 1 fully saturated rings. The summed E-state index contributed by atoms with van der Waals surface area (Å²) in [5, 5.41) is 0.689. The summed E-state index contributed by atoms with van der Waals surface area (Å²) in [5.41, 5.74) is 0.260. The van der Waals surface area contributed by atoms with Gasteiger partial charge in [0.15, 0.2) is 0 Å². The lowest BCUT2D eigenvalue weighted by Gasteiger charge is -2.41. The highest BCUT2D eigenvalue weighted by Gasteiger charge is 2.37. The molecule has 2 aromatic rings. The molecule has 1 aromatic carbocycles. The zero-order chi connectivity index (χ0) is 24.3. The van der Waals surface area contributed by atoms with E-state index in [-0.39, 0.29) is 43.5 Å². The van der Waals surface area contributed by atoms with Crippen LogP contribution in [0.4, 0.5) is 9.18 Å². The van der Waals surface area contributed by atoms with Gasteiger partial charge < -0.3 is 19.3 Å². The van der Waals surface area contributed by atoms with E-state index in [1.807, 2.05) is 0 Å². The van der Waals surface area contributed by atoms with Crippen molar-refractivity contribution in [2.75, 3.05) is 26.7 Å². The number of methoxy groups -OCH3 is 1. The van der Waals surface area contributed by atoms with Gasteiger partial charge in [0.1, 0.15) is 17.1 Å². The Kier molecular flexibility index (Phi) is 7.36. The van der Waals surface area contributed by atoms with Gasteiger partial charge in [0.2, 0.25) is 0 Å². The average molecular weight is 478 g/mol. The lowest BCUT2D eigenvalue weighted by Crippen LogP contribution is -2.57. The number of carbonyl (C=O) groups excluding carboxylic acids is 3. The maximum Gasteiger partial charge on any atom is 0.410 e. The number of piperazine rings is 1. The van der Waals surface area contributed by atoms with Crippen LogP contribution in [0.25, 0.3) is 10.4 Å². The summed E-state index contributed by atoms with van der Waals surface area (Å²) in [5.74, 6) is -1.21. The molecule has 0 aliphatic carbocycles. The van der Waals surface area contributed by atoms with Crippen LogP contribution in [-0.2, 0) is 14.3 Å². The molecule has 0 spiro atoms. The molecule has 0 saturated carbocycles. The molecule has 10 heteroatoms. The van der Waals surface area contributed by atoms with Crippen LogP contribution >= 0.6 is 11.3 Å². The number of amides is 2. The first-order chi connectivity index (χ1) is 15.5. The summed E-state index contributed by atoms with van der Waals surface area (Å²) < 4.78 is 23.7. The number of aryl methyl sites for hydroxylation is 1. The summed E-state index contributed by atoms with van der Waals surface area (Å²) in [6.07, 6.45) is -0.572. The van der Waals surface area contributed by atoms with E-state index in [0.717, 1.165) is 0 Å². The number of thiazole rings is 1. The van der Waals surface area contributed by atoms with Crippen molar-refractivity contribution in [2.24, 2.45) is 0 Å². The van der Waals surface area contributed by atoms with E-state index in [4.69, 9.17) is 9.47 Å². The van der Waals surface area contributed by atoms with Gasteiger partial charge in [-0.2, -0.15) is 0 Å². The number of nitrogens with zero attached hydrogens (tertiary/aromatic N) is 3. The number of hydrogen-bond acceptors (Lipinski definition) is 7. The molecule has 8 nitrogen and oxygen atoms in total. The highest BCUT2D eigenvalue weighted by atomic mass is 32.1. The number of ether oxygens (including phenoxy) is 2. The van der Waals surface area contributed by atoms with Crippen molar-refractivity contribution in [1.82, 2.24) is 14.8 Å². The monoisotopic (exact) mass is 477 g/mol. The molecule has 1 aliphatic rings. The molecule has 1 aromatic heterocycles. The molecular weight excluding hydrogens is 449 g/mol. The molecule has 2 heterocycles. The van der Waals surface area contributed by atoms with Crippen LogP contribution in [0, 0.1) is 12.7 Å². The lowest BCUT2D eigenvalue weighted by atomic mass is 10.1. The molecule has 3 rings (SSSR count). The van der Waals surface area contributed by atoms with Crippen LogP contribution in [0.5, 0.6) is 0 Å². The second-order valence-corrected chi connectivity index (χ2v) is 9.98. The Balaban J connectivity index is 1.88. The van der Waals surface area contributed by atoms with Crippen LogP contribution in [0.1, 0.15) is 42.7 Å². The van der Waals surface area contributed by atoms with Gasteiger partial charge in [-0.25, -0.2) is 14.2 Å². The van der Waals surface area contributed by atoms with E-state index < -0.39 is 23.7 Å². The van der Waals surface area contributed by atoms with E-state index in [1.54, 1.807) is 44.7 Å². The van der Waals surface area contributed by atoms with E-state index in [9.17, 15) is 18.8 Å². The fourth-order valence-corrected chi connectivity index (χ4v) is 4.49. The first kappa shape index (κ1) is 24.6. The second kappa shape index (κ2) is 9.86. The number of aromatic nitrogens is 1. The van der Waals surface area contributed by atoms with E-state index >= 15 is 0 Å². The van der Waals surface area contributed by atoms with Crippen LogP contribution in [0.2, 0.25) is 0 Å². The number of hydrogen-bond donors (Lipinski definition) is 0. The third-order valence-corrected chi connectivity index (χ3v) is 6.09. The fourth-order valence-electron chi connectivity index (χ4n) is 3.57. The molecular formula is C23H28FN3O5S. The molecule has 0 N–H and O–H groups in total. The lowest BCUT2D eigenvalue weighted by molar-refractivity contribution is -0.142. The largest absolute Gasteiger partial charge is 0.469 e. The number of halogens is 1. The van der Waals surface area contributed by atoms with Crippen molar-refractivity contribution >= 4 is 29.3 Å². The molecule has 1 saturated heterocycles. The summed E-state index contributed by atoms with van der Waals surface area (Å²) in [6.45, 7) is 7.71. The van der Waals surface area contributed by atoms with E-state index in [0.29, 0.717) is 15.4 Å². The van der Waals surface area contributed by atoms with Gasteiger partial charge in [-0.05, 0) is 45.4 Å². The third kappa shape index (κ3) is 6.07. The predicted octanol–water partition coefficient (Wildman–Crippen LogP) is 3.88. The molecule has 178 valence electrons. The SMILES string of the molecule is COC(=O)CC1CN(C(=O)OC(C)(C)C)CCN1C(=O)c1nc(C)sc1-c1ccc(F)cc1. The first-order valence-electron chi connectivity index (χ1n) is 10.6. The highest BCUT2D eigenvalue weighted by Crippen LogP contribution is 2.32. The normalized spacial score (nSPS) is 16.5. The Morgan fingerprint density at radius 2 is 1.85 bits per heavy atom. The summed E-state index contributed by atoms with van der Waals surface area (Å²) in [6, 6.07) is 5.27. The highest BCUT2D eigenvalue weighted by molar-refractivity contribution is 7.15. The summed E-state index contributed by atoms with van der Waals surface area (Å²) in [7, 11) is 1.28. The summed E-state index contributed by atoms with van der Waals surface area (Å²) >= 11 is 1.34.